The van der Waals surface area contributed by atoms with Crippen LogP contribution in [0.3, 0.4) is 0 Å². The van der Waals surface area contributed by atoms with E-state index in [1.54, 1.807) is 19.1 Å². The monoisotopic (exact) mass is 383 g/mol. The highest BCUT2D eigenvalue weighted by molar-refractivity contribution is 7.97. The lowest BCUT2D eigenvalue weighted by molar-refractivity contribution is -0.144. The van der Waals surface area contributed by atoms with Gasteiger partial charge in [0, 0.05) is 11.3 Å². The van der Waals surface area contributed by atoms with E-state index in [9.17, 15) is 4.79 Å². The van der Waals surface area contributed by atoms with E-state index in [0.717, 1.165) is 11.9 Å². The van der Waals surface area contributed by atoms with Crippen LogP contribution in [0.2, 0.25) is 0 Å². The van der Waals surface area contributed by atoms with Gasteiger partial charge in [0.05, 0.1) is 27.9 Å². The van der Waals surface area contributed by atoms with Gasteiger partial charge >= 0.3 is 5.97 Å². The number of carbonyl (C=O) groups excluding carboxylic acids is 1. The van der Waals surface area contributed by atoms with E-state index < -0.39 is 11.9 Å². The second-order valence-corrected chi connectivity index (χ2v) is 5.66. The number of nitrogens with zero attached hydrogens (tertiary/aromatic N) is 2. The van der Waals surface area contributed by atoms with Crippen LogP contribution in [0.4, 0.5) is 0 Å². The van der Waals surface area contributed by atoms with E-state index in [1.807, 2.05) is 0 Å². The maximum atomic E-state index is 12.1. The molecule has 0 bridgehead atoms. The highest BCUT2D eigenvalue weighted by Gasteiger charge is 2.28. The van der Waals surface area contributed by atoms with Gasteiger partial charge < -0.3 is 23.4 Å². The van der Waals surface area contributed by atoms with E-state index in [4.69, 9.17) is 28.5 Å². The molecule has 10 heteroatoms. The quantitative estimate of drug-likeness (QED) is 0.508. The number of esters is 1. The molecule has 1 heterocycles. The standard InChI is InChI=1S/C16H21N3O6S/c1-5-24-16(20)10(8-26-17)15-19-18-14(25-15)9-6-11(21-2)13(23-4)12(7-9)22-3/h6-7,10H,5,8,17H2,1-4H3. The molecule has 0 spiro atoms. The molecule has 0 amide bonds. The maximum Gasteiger partial charge on any atom is 0.319 e. The lowest BCUT2D eigenvalue weighted by atomic mass is 10.1. The highest BCUT2D eigenvalue weighted by atomic mass is 32.2. The van der Waals surface area contributed by atoms with Crippen molar-refractivity contribution < 1.29 is 28.2 Å². The van der Waals surface area contributed by atoms with Gasteiger partial charge in [-0.3, -0.25) is 9.93 Å². The van der Waals surface area contributed by atoms with Gasteiger partial charge in [0.2, 0.25) is 17.5 Å². The molecule has 26 heavy (non-hydrogen) atoms. The van der Waals surface area contributed by atoms with E-state index in [2.05, 4.69) is 10.2 Å². The molecule has 0 aliphatic rings. The molecule has 1 aromatic heterocycles. The minimum Gasteiger partial charge on any atom is -0.493 e. The summed E-state index contributed by atoms with van der Waals surface area (Å²) in [5.41, 5.74) is 0.557. The average molecular weight is 383 g/mol. The number of hydrogen-bond acceptors (Lipinski definition) is 10. The van der Waals surface area contributed by atoms with Gasteiger partial charge in [-0.2, -0.15) is 0 Å². The third-order valence-corrected chi connectivity index (χ3v) is 4.01. The minimum atomic E-state index is -0.742. The van der Waals surface area contributed by atoms with Gasteiger partial charge in [-0.05, 0) is 19.1 Å². The van der Waals surface area contributed by atoms with Crippen molar-refractivity contribution in [1.82, 2.24) is 10.2 Å². The van der Waals surface area contributed by atoms with Crippen molar-refractivity contribution >= 4 is 17.9 Å². The summed E-state index contributed by atoms with van der Waals surface area (Å²) >= 11 is 0.996. The topological polar surface area (TPSA) is 119 Å². The van der Waals surface area contributed by atoms with Crippen molar-refractivity contribution in [3.05, 3.63) is 18.0 Å². The second kappa shape index (κ2) is 9.30. The molecule has 0 radical (unpaired) electrons. The Morgan fingerprint density at radius 1 is 1.19 bits per heavy atom. The fraction of sp³-hybridized carbons (Fsp3) is 0.438. The molecule has 9 nitrogen and oxygen atoms in total. The van der Waals surface area contributed by atoms with Crippen LogP contribution in [-0.4, -0.2) is 49.9 Å². The van der Waals surface area contributed by atoms with Crippen molar-refractivity contribution in [2.24, 2.45) is 5.14 Å². The van der Waals surface area contributed by atoms with Crippen LogP contribution in [0.5, 0.6) is 17.2 Å². The summed E-state index contributed by atoms with van der Waals surface area (Å²) in [4.78, 5) is 12.1. The summed E-state index contributed by atoms with van der Waals surface area (Å²) in [5, 5.41) is 13.5. The van der Waals surface area contributed by atoms with E-state index >= 15 is 0 Å². The number of nitrogens with two attached hydrogens (primary N) is 1. The largest absolute Gasteiger partial charge is 0.493 e. The number of benzene rings is 1. The Hall–Kier alpha value is -2.46. The number of carbonyl (C=O) groups is 1. The normalized spacial score (nSPS) is 11.7. The first kappa shape index (κ1) is 19.9. The molecular formula is C16H21N3O6S. The Kier molecular flexibility index (Phi) is 7.10. The molecule has 1 aromatic carbocycles. The molecule has 2 rings (SSSR count). The van der Waals surface area contributed by atoms with Gasteiger partial charge in [0.1, 0.15) is 5.92 Å². The Morgan fingerprint density at radius 2 is 1.85 bits per heavy atom. The third kappa shape index (κ3) is 4.20. The van der Waals surface area contributed by atoms with Crippen LogP contribution in [0.25, 0.3) is 11.5 Å². The van der Waals surface area contributed by atoms with Crippen molar-refractivity contribution in [3.63, 3.8) is 0 Å². The van der Waals surface area contributed by atoms with E-state index in [0.29, 0.717) is 22.8 Å². The minimum absolute atomic E-state index is 0.130. The lowest BCUT2D eigenvalue weighted by Crippen LogP contribution is -2.19. The summed E-state index contributed by atoms with van der Waals surface area (Å²) in [7, 11) is 4.53. The van der Waals surface area contributed by atoms with Crippen LogP contribution in [-0.2, 0) is 9.53 Å². The van der Waals surface area contributed by atoms with Gasteiger partial charge in [-0.25, -0.2) is 0 Å². The Labute approximate surface area is 155 Å². The first-order valence-electron chi connectivity index (χ1n) is 7.71. The van der Waals surface area contributed by atoms with Gasteiger partial charge in [-0.15, -0.1) is 10.2 Å². The SMILES string of the molecule is CCOC(=O)C(CSN)c1nnc(-c2cc(OC)c(OC)c(OC)c2)o1. The maximum absolute atomic E-state index is 12.1. The van der Waals surface area contributed by atoms with Crippen LogP contribution >= 0.6 is 11.9 Å². The number of hydrogen-bond donors (Lipinski definition) is 1. The number of aromatic nitrogens is 2. The van der Waals surface area contributed by atoms with Gasteiger partial charge in [0.25, 0.3) is 0 Å². The van der Waals surface area contributed by atoms with Crippen molar-refractivity contribution in [3.8, 4) is 28.7 Å². The molecule has 0 saturated carbocycles. The summed E-state index contributed by atoms with van der Waals surface area (Å²) in [6.45, 7) is 1.97. The van der Waals surface area contributed by atoms with Gasteiger partial charge in [0.15, 0.2) is 11.5 Å². The molecule has 1 unspecified atom stereocenters. The fourth-order valence-electron chi connectivity index (χ4n) is 2.28. The summed E-state index contributed by atoms with van der Waals surface area (Å²) in [6.07, 6.45) is 0. The average Bonchev–Trinajstić information content (AvgIpc) is 3.14. The molecular weight excluding hydrogens is 362 g/mol. The lowest BCUT2D eigenvalue weighted by Gasteiger charge is -2.13. The first-order chi connectivity index (χ1) is 12.6. The zero-order valence-electron chi connectivity index (χ0n) is 15.0. The van der Waals surface area contributed by atoms with E-state index in [-0.39, 0.29) is 24.1 Å². The van der Waals surface area contributed by atoms with Crippen molar-refractivity contribution in [2.45, 2.75) is 12.8 Å². The van der Waals surface area contributed by atoms with Gasteiger partial charge in [-0.1, -0.05) is 11.9 Å². The summed E-state index contributed by atoms with van der Waals surface area (Å²) in [5.74, 6) is 0.722. The third-order valence-electron chi connectivity index (χ3n) is 3.48. The molecule has 0 aliphatic carbocycles. The number of rotatable bonds is 9. The molecule has 0 saturated heterocycles. The van der Waals surface area contributed by atoms with Crippen LogP contribution in [0, 0.1) is 0 Å². The second-order valence-electron chi connectivity index (χ2n) is 5.00. The molecule has 0 aliphatic heterocycles. The summed E-state index contributed by atoms with van der Waals surface area (Å²) in [6, 6.07) is 3.35. The van der Waals surface area contributed by atoms with Crippen LogP contribution < -0.4 is 19.3 Å². The van der Waals surface area contributed by atoms with Crippen molar-refractivity contribution in [1.29, 1.82) is 0 Å². The predicted octanol–water partition coefficient (Wildman–Crippen LogP) is 2.02. The Morgan fingerprint density at radius 3 is 2.35 bits per heavy atom. The van der Waals surface area contributed by atoms with E-state index in [1.165, 1.54) is 21.3 Å². The first-order valence-corrected chi connectivity index (χ1v) is 8.76. The smallest absolute Gasteiger partial charge is 0.319 e. The predicted molar refractivity (Wildman–Crippen MR) is 95.4 cm³/mol. The van der Waals surface area contributed by atoms with Crippen LogP contribution in [0.1, 0.15) is 18.7 Å². The molecule has 0 fully saturated rings. The Balaban J connectivity index is 2.40. The summed E-state index contributed by atoms with van der Waals surface area (Å²) < 4.78 is 26.6. The van der Waals surface area contributed by atoms with Crippen molar-refractivity contribution in [2.75, 3.05) is 33.7 Å². The molecule has 2 aromatic rings. The zero-order valence-corrected chi connectivity index (χ0v) is 15.8. The highest BCUT2D eigenvalue weighted by Crippen LogP contribution is 2.41. The molecule has 142 valence electrons. The number of ether oxygens (including phenoxy) is 4. The Bertz CT molecular complexity index is 726. The zero-order chi connectivity index (χ0) is 19.1. The molecule has 1 atom stereocenters. The van der Waals surface area contributed by atoms with Crippen LogP contribution in [0.15, 0.2) is 16.5 Å². The molecule has 2 N–H and O–H groups in total. The number of methoxy groups -OCH3 is 3. The fourth-order valence-corrected chi connectivity index (χ4v) is 2.75.